The Hall–Kier alpha value is -2.54. The Balaban J connectivity index is 1.42. The van der Waals surface area contributed by atoms with Crippen LogP contribution in [0.3, 0.4) is 0 Å². The molecule has 32 heavy (non-hydrogen) atoms. The second-order valence-electron chi connectivity index (χ2n) is 7.96. The predicted octanol–water partition coefficient (Wildman–Crippen LogP) is 4.48. The molecule has 3 aromatic rings. The molecule has 5 heteroatoms. The summed E-state index contributed by atoms with van der Waals surface area (Å²) in [4.78, 5) is 0. The molecule has 0 saturated carbocycles. The molecule has 0 bridgehead atoms. The van der Waals surface area contributed by atoms with Gasteiger partial charge in [-0.05, 0) is 16.7 Å². The summed E-state index contributed by atoms with van der Waals surface area (Å²) in [6.07, 6.45) is -1.68. The minimum absolute atomic E-state index is 0.302. The molecule has 0 amide bonds. The molecule has 0 aliphatic carbocycles. The Morgan fingerprint density at radius 3 is 1.75 bits per heavy atom. The van der Waals surface area contributed by atoms with E-state index in [1.165, 1.54) is 0 Å². The normalized spacial score (nSPS) is 23.2. The lowest BCUT2D eigenvalue weighted by Gasteiger charge is -2.39. The molecule has 1 aliphatic heterocycles. The van der Waals surface area contributed by atoms with Crippen molar-refractivity contribution in [3.05, 3.63) is 108 Å². The van der Waals surface area contributed by atoms with Gasteiger partial charge in [0.1, 0.15) is 12.2 Å². The van der Waals surface area contributed by atoms with Crippen molar-refractivity contribution in [3.63, 3.8) is 0 Å². The van der Waals surface area contributed by atoms with Crippen LogP contribution in [0.15, 0.2) is 91.0 Å². The van der Waals surface area contributed by atoms with E-state index in [9.17, 15) is 5.11 Å². The first-order chi connectivity index (χ1) is 15.8. The fourth-order valence-corrected chi connectivity index (χ4v) is 3.83. The SMILES string of the molecule is OC1CC(OCc2ccccc2)C(OCc2ccccc2)C(COCc2ccccc2)O1. The van der Waals surface area contributed by atoms with Gasteiger partial charge in [-0.1, -0.05) is 91.0 Å². The zero-order chi connectivity index (χ0) is 22.0. The van der Waals surface area contributed by atoms with Gasteiger partial charge >= 0.3 is 0 Å². The molecule has 0 spiro atoms. The van der Waals surface area contributed by atoms with E-state index in [1.807, 2.05) is 91.0 Å². The average molecular weight is 435 g/mol. The van der Waals surface area contributed by atoms with E-state index in [0.29, 0.717) is 32.8 Å². The highest BCUT2D eigenvalue weighted by Crippen LogP contribution is 2.27. The summed E-state index contributed by atoms with van der Waals surface area (Å²) in [7, 11) is 0. The summed E-state index contributed by atoms with van der Waals surface area (Å²) >= 11 is 0. The third-order valence-corrected chi connectivity index (χ3v) is 5.48. The number of hydrogen-bond donors (Lipinski definition) is 1. The van der Waals surface area contributed by atoms with E-state index in [2.05, 4.69) is 0 Å². The Morgan fingerprint density at radius 2 is 1.19 bits per heavy atom. The maximum absolute atomic E-state index is 10.4. The number of aliphatic hydroxyl groups is 1. The van der Waals surface area contributed by atoms with Gasteiger partial charge in [0.05, 0.1) is 32.5 Å². The van der Waals surface area contributed by atoms with Gasteiger partial charge in [0, 0.05) is 6.42 Å². The van der Waals surface area contributed by atoms with Crippen LogP contribution in [0.1, 0.15) is 23.1 Å². The molecule has 1 heterocycles. The molecule has 4 rings (SSSR count). The maximum Gasteiger partial charge on any atom is 0.157 e. The maximum atomic E-state index is 10.4. The van der Waals surface area contributed by atoms with E-state index in [4.69, 9.17) is 18.9 Å². The molecule has 168 valence electrons. The lowest BCUT2D eigenvalue weighted by molar-refractivity contribution is -0.265. The molecule has 1 N–H and O–H groups in total. The monoisotopic (exact) mass is 434 g/mol. The van der Waals surface area contributed by atoms with E-state index in [0.717, 1.165) is 16.7 Å². The molecule has 0 aromatic heterocycles. The predicted molar refractivity (Wildman–Crippen MR) is 122 cm³/mol. The first-order valence-electron chi connectivity index (χ1n) is 11.0. The third kappa shape index (κ3) is 6.73. The smallest absolute Gasteiger partial charge is 0.157 e. The number of hydrogen-bond acceptors (Lipinski definition) is 5. The van der Waals surface area contributed by atoms with Crippen LogP contribution >= 0.6 is 0 Å². The Morgan fingerprint density at radius 1 is 0.688 bits per heavy atom. The molecule has 4 unspecified atom stereocenters. The summed E-state index contributed by atoms with van der Waals surface area (Å²) < 4.78 is 24.3. The Kier molecular flexibility index (Phi) is 8.42. The molecule has 1 saturated heterocycles. The van der Waals surface area contributed by atoms with Crippen LogP contribution in [0.2, 0.25) is 0 Å². The summed E-state index contributed by atoms with van der Waals surface area (Å²) in [6.45, 7) is 1.65. The van der Waals surface area contributed by atoms with Gasteiger partial charge in [-0.15, -0.1) is 0 Å². The van der Waals surface area contributed by atoms with Gasteiger partial charge in [0.2, 0.25) is 0 Å². The van der Waals surface area contributed by atoms with E-state index >= 15 is 0 Å². The van der Waals surface area contributed by atoms with Crippen molar-refractivity contribution < 1.29 is 24.1 Å². The quantitative estimate of drug-likeness (QED) is 0.510. The van der Waals surface area contributed by atoms with Crippen molar-refractivity contribution in [2.45, 2.75) is 50.8 Å². The van der Waals surface area contributed by atoms with E-state index in [-0.39, 0.29) is 12.2 Å². The van der Waals surface area contributed by atoms with Crippen molar-refractivity contribution in [1.82, 2.24) is 0 Å². The largest absolute Gasteiger partial charge is 0.374 e. The lowest BCUT2D eigenvalue weighted by atomic mass is 10.0. The number of aliphatic hydroxyl groups excluding tert-OH is 1. The molecule has 3 aromatic carbocycles. The van der Waals surface area contributed by atoms with Crippen molar-refractivity contribution >= 4 is 0 Å². The van der Waals surface area contributed by atoms with Crippen LogP contribution in [0, 0.1) is 0 Å². The van der Waals surface area contributed by atoms with E-state index < -0.39 is 12.4 Å². The Bertz CT molecular complexity index is 903. The van der Waals surface area contributed by atoms with Gasteiger partial charge in [-0.3, -0.25) is 0 Å². The molecule has 1 aliphatic rings. The first kappa shape index (κ1) is 22.6. The van der Waals surface area contributed by atoms with Gasteiger partial charge in [-0.2, -0.15) is 0 Å². The summed E-state index contributed by atoms with van der Waals surface area (Å²) in [5.41, 5.74) is 3.24. The van der Waals surface area contributed by atoms with Gasteiger partial charge in [0.15, 0.2) is 6.29 Å². The van der Waals surface area contributed by atoms with Crippen LogP contribution in [-0.2, 0) is 38.8 Å². The third-order valence-electron chi connectivity index (χ3n) is 5.48. The second kappa shape index (κ2) is 11.9. The molecule has 1 fully saturated rings. The minimum atomic E-state index is -0.919. The number of benzene rings is 3. The minimum Gasteiger partial charge on any atom is -0.374 e. The van der Waals surface area contributed by atoms with Crippen LogP contribution in [0.5, 0.6) is 0 Å². The summed E-state index contributed by atoms with van der Waals surface area (Å²) in [6, 6.07) is 30.0. The zero-order valence-electron chi connectivity index (χ0n) is 18.1. The standard InChI is InChI=1S/C27H30O5/c28-26-16-24(30-18-22-12-6-2-7-13-22)27(31-19-23-14-8-3-9-15-23)25(32-26)20-29-17-21-10-4-1-5-11-21/h1-15,24-28H,16-20H2. The topological polar surface area (TPSA) is 57.2 Å². The lowest BCUT2D eigenvalue weighted by Crippen LogP contribution is -2.52. The number of rotatable bonds is 10. The second-order valence-corrected chi connectivity index (χ2v) is 7.96. The van der Waals surface area contributed by atoms with Crippen LogP contribution < -0.4 is 0 Å². The highest BCUT2D eigenvalue weighted by Gasteiger charge is 2.40. The van der Waals surface area contributed by atoms with Gasteiger partial charge in [-0.25, -0.2) is 0 Å². The molecule has 0 radical (unpaired) electrons. The summed E-state index contributed by atoms with van der Waals surface area (Å²) in [5.74, 6) is 0. The van der Waals surface area contributed by atoms with Crippen LogP contribution in [-0.4, -0.2) is 36.3 Å². The van der Waals surface area contributed by atoms with Crippen LogP contribution in [0.4, 0.5) is 0 Å². The first-order valence-corrected chi connectivity index (χ1v) is 11.0. The molecular weight excluding hydrogens is 404 g/mol. The molecule has 5 nitrogen and oxygen atoms in total. The Labute approximate surface area is 189 Å². The van der Waals surface area contributed by atoms with Gasteiger partial charge < -0.3 is 24.1 Å². The fraction of sp³-hybridized carbons (Fsp3) is 0.333. The summed E-state index contributed by atoms with van der Waals surface area (Å²) in [5, 5.41) is 10.4. The van der Waals surface area contributed by atoms with E-state index in [1.54, 1.807) is 0 Å². The fourth-order valence-electron chi connectivity index (χ4n) is 3.83. The van der Waals surface area contributed by atoms with Crippen molar-refractivity contribution in [3.8, 4) is 0 Å². The van der Waals surface area contributed by atoms with Crippen molar-refractivity contribution in [2.24, 2.45) is 0 Å². The highest BCUT2D eigenvalue weighted by molar-refractivity contribution is 5.15. The van der Waals surface area contributed by atoms with Crippen molar-refractivity contribution in [2.75, 3.05) is 6.61 Å². The zero-order valence-corrected chi connectivity index (χ0v) is 18.1. The van der Waals surface area contributed by atoms with Gasteiger partial charge in [0.25, 0.3) is 0 Å². The number of ether oxygens (including phenoxy) is 4. The van der Waals surface area contributed by atoms with Crippen molar-refractivity contribution in [1.29, 1.82) is 0 Å². The average Bonchev–Trinajstić information content (AvgIpc) is 2.84. The highest BCUT2D eigenvalue weighted by atomic mass is 16.6. The molecular formula is C27H30O5. The molecule has 4 atom stereocenters. The van der Waals surface area contributed by atoms with Crippen LogP contribution in [0.25, 0.3) is 0 Å².